The van der Waals surface area contributed by atoms with Crippen LogP contribution in [0.4, 0.5) is 0 Å². The van der Waals surface area contributed by atoms with Crippen molar-refractivity contribution in [1.82, 2.24) is 0 Å². The van der Waals surface area contributed by atoms with Gasteiger partial charge in [0, 0.05) is 6.92 Å². The number of fused-ring (bicyclic) bond motifs is 3. The number of rotatable bonds is 3. The SMILES string of the molecule is COC(=O)[C@@]1(C)CCC[C@]2(C)c3cc(OC(C)=O)c(C(C)C)cc3CC[C@@H]12. The van der Waals surface area contributed by atoms with Gasteiger partial charge < -0.3 is 9.47 Å². The standard InChI is InChI=1S/C23H32O4/c1-14(2)17-12-16-8-9-20-22(4,18(16)13-19(17)27-15(3)24)10-7-11-23(20,5)21(25)26-6/h12-14,20H,7-11H2,1-6H3/t20-,22-,23+/m1/s1. The molecule has 4 nitrogen and oxygen atoms in total. The molecule has 0 bridgehead atoms. The van der Waals surface area contributed by atoms with Gasteiger partial charge in [0.1, 0.15) is 5.75 Å². The summed E-state index contributed by atoms with van der Waals surface area (Å²) in [5.74, 6) is 0.789. The van der Waals surface area contributed by atoms with E-state index in [-0.39, 0.29) is 29.2 Å². The van der Waals surface area contributed by atoms with Crippen molar-refractivity contribution < 1.29 is 19.1 Å². The maximum absolute atomic E-state index is 12.7. The number of aryl methyl sites for hydroxylation is 1. The molecule has 0 heterocycles. The molecule has 0 radical (unpaired) electrons. The number of hydrogen-bond acceptors (Lipinski definition) is 4. The van der Waals surface area contributed by atoms with Crippen molar-refractivity contribution in [1.29, 1.82) is 0 Å². The lowest BCUT2D eigenvalue weighted by molar-refractivity contribution is -0.161. The van der Waals surface area contributed by atoms with Crippen LogP contribution in [-0.4, -0.2) is 19.0 Å². The zero-order chi connectivity index (χ0) is 20.0. The molecule has 1 fully saturated rings. The second kappa shape index (κ2) is 6.96. The molecular formula is C23H32O4. The number of hydrogen-bond donors (Lipinski definition) is 0. The van der Waals surface area contributed by atoms with E-state index in [0.29, 0.717) is 5.75 Å². The van der Waals surface area contributed by atoms with Crippen LogP contribution in [0.5, 0.6) is 5.75 Å². The summed E-state index contributed by atoms with van der Waals surface area (Å²) in [6.45, 7) is 10.0. The average Bonchev–Trinajstić information content (AvgIpc) is 2.60. The lowest BCUT2D eigenvalue weighted by Gasteiger charge is -2.54. The summed E-state index contributed by atoms with van der Waals surface area (Å²) >= 11 is 0. The fourth-order valence-electron chi connectivity index (χ4n) is 5.69. The Bertz CT molecular complexity index is 766. The first kappa shape index (κ1) is 19.9. The Morgan fingerprint density at radius 2 is 1.89 bits per heavy atom. The van der Waals surface area contributed by atoms with Crippen molar-refractivity contribution in [2.45, 2.75) is 78.1 Å². The van der Waals surface area contributed by atoms with Gasteiger partial charge in [0.25, 0.3) is 0 Å². The summed E-state index contributed by atoms with van der Waals surface area (Å²) in [5, 5.41) is 0. The molecule has 2 aliphatic carbocycles. The summed E-state index contributed by atoms with van der Waals surface area (Å²) in [6.07, 6.45) is 4.84. The van der Waals surface area contributed by atoms with E-state index in [1.54, 1.807) is 0 Å². The number of esters is 2. The zero-order valence-electron chi connectivity index (χ0n) is 17.5. The summed E-state index contributed by atoms with van der Waals surface area (Å²) < 4.78 is 10.8. The first-order valence-electron chi connectivity index (χ1n) is 10.1. The van der Waals surface area contributed by atoms with Crippen molar-refractivity contribution in [2.24, 2.45) is 11.3 Å². The monoisotopic (exact) mass is 372 g/mol. The van der Waals surface area contributed by atoms with Crippen molar-refractivity contribution in [3.63, 3.8) is 0 Å². The minimum absolute atomic E-state index is 0.0964. The van der Waals surface area contributed by atoms with Gasteiger partial charge >= 0.3 is 11.9 Å². The molecule has 1 aromatic carbocycles. The summed E-state index contributed by atoms with van der Waals surface area (Å²) in [6, 6.07) is 4.31. The highest BCUT2D eigenvalue weighted by atomic mass is 16.5. The maximum Gasteiger partial charge on any atom is 0.311 e. The molecule has 1 saturated carbocycles. The Kier molecular flexibility index (Phi) is 5.13. The zero-order valence-corrected chi connectivity index (χ0v) is 17.5. The van der Waals surface area contributed by atoms with Crippen molar-refractivity contribution >= 4 is 11.9 Å². The van der Waals surface area contributed by atoms with Gasteiger partial charge in [0.2, 0.25) is 0 Å². The molecule has 0 saturated heterocycles. The van der Waals surface area contributed by atoms with Gasteiger partial charge in [-0.3, -0.25) is 9.59 Å². The van der Waals surface area contributed by atoms with E-state index in [4.69, 9.17) is 9.47 Å². The van der Waals surface area contributed by atoms with E-state index < -0.39 is 5.41 Å². The molecule has 2 aliphatic rings. The lowest BCUT2D eigenvalue weighted by Crippen LogP contribution is -2.52. The third-order valence-corrected chi connectivity index (χ3v) is 7.01. The fourth-order valence-corrected chi connectivity index (χ4v) is 5.69. The Hall–Kier alpha value is -1.84. The molecule has 0 unspecified atom stereocenters. The first-order chi connectivity index (χ1) is 12.6. The van der Waals surface area contributed by atoms with Gasteiger partial charge in [-0.15, -0.1) is 0 Å². The molecule has 0 aliphatic heterocycles. The van der Waals surface area contributed by atoms with E-state index in [2.05, 4.69) is 39.8 Å². The van der Waals surface area contributed by atoms with E-state index in [1.165, 1.54) is 25.2 Å². The van der Waals surface area contributed by atoms with Crippen molar-refractivity contribution in [3.05, 3.63) is 28.8 Å². The molecule has 1 aromatic rings. The van der Waals surface area contributed by atoms with Crippen LogP contribution < -0.4 is 4.74 Å². The van der Waals surface area contributed by atoms with Crippen LogP contribution in [0.15, 0.2) is 12.1 Å². The van der Waals surface area contributed by atoms with Crippen LogP contribution in [0.25, 0.3) is 0 Å². The van der Waals surface area contributed by atoms with Crippen LogP contribution in [-0.2, 0) is 26.2 Å². The minimum Gasteiger partial charge on any atom is -0.469 e. The van der Waals surface area contributed by atoms with E-state index in [9.17, 15) is 9.59 Å². The topological polar surface area (TPSA) is 52.6 Å². The molecule has 0 spiro atoms. The number of carbonyl (C=O) groups is 2. The third-order valence-electron chi connectivity index (χ3n) is 7.01. The van der Waals surface area contributed by atoms with Gasteiger partial charge in [0.15, 0.2) is 0 Å². The Balaban J connectivity index is 2.13. The fraction of sp³-hybridized carbons (Fsp3) is 0.652. The van der Waals surface area contributed by atoms with Crippen molar-refractivity contribution in [3.8, 4) is 5.75 Å². The molecule has 3 rings (SSSR count). The van der Waals surface area contributed by atoms with Gasteiger partial charge in [-0.1, -0.05) is 33.3 Å². The third kappa shape index (κ3) is 3.17. The summed E-state index contributed by atoms with van der Waals surface area (Å²) in [5.41, 5.74) is 3.09. The number of methoxy groups -OCH3 is 1. The number of carbonyl (C=O) groups excluding carboxylic acids is 2. The molecule has 27 heavy (non-hydrogen) atoms. The van der Waals surface area contributed by atoms with Crippen LogP contribution in [0.1, 0.15) is 82.9 Å². The van der Waals surface area contributed by atoms with E-state index in [1.807, 2.05) is 0 Å². The highest BCUT2D eigenvalue weighted by Crippen LogP contribution is 2.58. The van der Waals surface area contributed by atoms with Crippen LogP contribution in [0.3, 0.4) is 0 Å². The quantitative estimate of drug-likeness (QED) is 0.558. The van der Waals surface area contributed by atoms with Crippen molar-refractivity contribution in [2.75, 3.05) is 7.11 Å². The normalized spacial score (nSPS) is 29.7. The van der Waals surface area contributed by atoms with Gasteiger partial charge in [-0.2, -0.15) is 0 Å². The van der Waals surface area contributed by atoms with E-state index >= 15 is 0 Å². The Labute approximate surface area is 162 Å². The van der Waals surface area contributed by atoms with Gasteiger partial charge in [-0.05, 0) is 72.6 Å². The second-order valence-electron chi connectivity index (χ2n) is 9.07. The predicted octanol–water partition coefficient (Wildman–Crippen LogP) is 4.92. The number of ether oxygens (including phenoxy) is 2. The van der Waals surface area contributed by atoms with E-state index in [0.717, 1.165) is 37.7 Å². The number of benzene rings is 1. The van der Waals surface area contributed by atoms with Gasteiger partial charge in [-0.25, -0.2) is 0 Å². The van der Waals surface area contributed by atoms with Crippen LogP contribution >= 0.6 is 0 Å². The largest absolute Gasteiger partial charge is 0.469 e. The highest BCUT2D eigenvalue weighted by Gasteiger charge is 2.55. The van der Waals surface area contributed by atoms with Gasteiger partial charge in [0.05, 0.1) is 12.5 Å². The lowest BCUT2D eigenvalue weighted by atomic mass is 9.49. The first-order valence-corrected chi connectivity index (χ1v) is 10.1. The maximum atomic E-state index is 12.7. The molecule has 4 heteroatoms. The summed E-state index contributed by atoms with van der Waals surface area (Å²) in [4.78, 5) is 24.3. The molecule has 148 valence electrons. The smallest absolute Gasteiger partial charge is 0.311 e. The molecule has 0 N–H and O–H groups in total. The molecular weight excluding hydrogens is 340 g/mol. The molecule has 0 aromatic heterocycles. The Morgan fingerprint density at radius 1 is 1.19 bits per heavy atom. The predicted molar refractivity (Wildman–Crippen MR) is 105 cm³/mol. The molecule has 3 atom stereocenters. The van der Waals surface area contributed by atoms with Crippen LogP contribution in [0, 0.1) is 11.3 Å². The minimum atomic E-state index is -0.461. The highest BCUT2D eigenvalue weighted by molar-refractivity contribution is 5.77. The second-order valence-corrected chi connectivity index (χ2v) is 9.07. The van der Waals surface area contributed by atoms with Crippen LogP contribution in [0.2, 0.25) is 0 Å². The molecule has 0 amide bonds. The Morgan fingerprint density at radius 3 is 2.48 bits per heavy atom. The summed E-state index contributed by atoms with van der Waals surface area (Å²) in [7, 11) is 1.49. The average molecular weight is 373 g/mol.